The van der Waals surface area contributed by atoms with Crippen molar-refractivity contribution < 1.29 is 122 Å². The molecule has 3 aromatic carbocycles. The fourth-order valence-corrected chi connectivity index (χ4v) is 13.4. The number of phenols is 3. The third-order valence-corrected chi connectivity index (χ3v) is 17.2. The second kappa shape index (κ2) is 34.8. The summed E-state index contributed by atoms with van der Waals surface area (Å²) < 4.78 is 46.6. The molecule has 2 aliphatic heterocycles. The average molecular weight is 1340 g/mol. The van der Waals surface area contributed by atoms with Gasteiger partial charge in [0.15, 0.2) is 6.29 Å². The van der Waals surface area contributed by atoms with Gasteiger partial charge in [-0.3, -0.25) is 14.7 Å². The van der Waals surface area contributed by atoms with Crippen molar-refractivity contribution in [1.82, 2.24) is 14.7 Å². The van der Waals surface area contributed by atoms with Crippen molar-refractivity contribution in [2.45, 2.75) is 138 Å². The summed E-state index contributed by atoms with van der Waals surface area (Å²) in [6, 6.07) is 15.5. The maximum absolute atomic E-state index is 13.8. The first-order valence-electron chi connectivity index (χ1n) is 32.0. The van der Waals surface area contributed by atoms with Gasteiger partial charge in [0.2, 0.25) is 0 Å². The zero-order valence-corrected chi connectivity index (χ0v) is 56.3. The third kappa shape index (κ3) is 24.4. The van der Waals surface area contributed by atoms with Crippen LogP contribution < -0.4 is 0 Å². The summed E-state index contributed by atoms with van der Waals surface area (Å²) in [5.41, 5.74) is 1.94. The molecule has 0 bridgehead atoms. The van der Waals surface area contributed by atoms with Gasteiger partial charge in [-0.25, -0.2) is 14.4 Å². The minimum absolute atomic E-state index is 0.00115. The van der Waals surface area contributed by atoms with Crippen molar-refractivity contribution in [3.8, 4) is 17.2 Å². The zero-order chi connectivity index (χ0) is 69.6. The highest BCUT2D eigenvalue weighted by Crippen LogP contribution is 2.41. The van der Waals surface area contributed by atoms with Crippen LogP contribution in [0, 0.1) is 11.8 Å². The van der Waals surface area contributed by atoms with E-state index in [1.807, 2.05) is 73.2 Å². The van der Waals surface area contributed by atoms with E-state index in [9.17, 15) is 75.7 Å². The molecule has 2 heterocycles. The van der Waals surface area contributed by atoms with Crippen molar-refractivity contribution in [3.05, 3.63) is 89.5 Å². The molecule has 0 aromatic heterocycles. The van der Waals surface area contributed by atoms with E-state index in [-0.39, 0.29) is 93.7 Å². The van der Waals surface area contributed by atoms with Crippen LogP contribution in [0.3, 0.4) is 0 Å². The number of carboxylic acid groups (broad SMARTS) is 3. The quantitative estimate of drug-likeness (QED) is 0.0327. The standard InChI is InChI=1S/C66H104N6O22/c1-40-45(34-88-37-55(79)80)24-52(59(61(40)85)68(29-50(77)32-71(6,7)8)26-43-14-20-47(74)21-15-43)92-64-54(36-90-39-57(83)84)93-66(60(63(64)87)69(30-51(78)33-72(9,10)11)27-44-16-22-48(75)23-17-44)94-65-53(35-89-38-56(81)82)91-41(2)58(62(65)86)67(28-49(76)31-70(3,4)5)25-42-12-18-46(73)19-13-42/h12-23,40-41,45,49-54,58-66,76-78,85-87H,24-39H2,1-11H3,(H3-3,73,74,75,79,80,81,82,83,84)/p+3/t40-,41+,45-,49?,50?,51?,52-,53-,54-,58+,59+,60-,61+,62-,63-,64-,65-,66+/m1/s1. The van der Waals surface area contributed by atoms with E-state index in [4.69, 9.17) is 33.2 Å². The van der Waals surface area contributed by atoms with Crippen molar-refractivity contribution in [3.63, 3.8) is 0 Å². The maximum Gasteiger partial charge on any atom is 0.329 e. The molecule has 0 spiro atoms. The summed E-state index contributed by atoms with van der Waals surface area (Å²) in [4.78, 5) is 41.5. The summed E-state index contributed by atoms with van der Waals surface area (Å²) in [6.45, 7) is 0.572. The van der Waals surface area contributed by atoms with Gasteiger partial charge < -0.3 is 108 Å². The number of aliphatic hydroxyl groups is 6. The van der Waals surface area contributed by atoms with Crippen LogP contribution in [0.25, 0.3) is 0 Å². The van der Waals surface area contributed by atoms with Gasteiger partial charge in [-0.1, -0.05) is 43.3 Å². The molecule has 3 unspecified atom stereocenters. The Bertz CT molecular complexity index is 2790. The second-order valence-electron chi connectivity index (χ2n) is 28.9. The molecular weight excluding hydrogens is 1230 g/mol. The molecule has 3 aliphatic rings. The van der Waals surface area contributed by atoms with Crippen LogP contribution in [0.5, 0.6) is 17.2 Å². The van der Waals surface area contributed by atoms with E-state index in [1.165, 1.54) is 36.4 Å². The monoisotopic (exact) mass is 1340 g/mol. The number of carbonyl (C=O) groups is 3. The van der Waals surface area contributed by atoms with Gasteiger partial charge in [0, 0.05) is 39.3 Å². The number of ether oxygens (including phenoxy) is 7. The normalized spacial score (nSPS) is 28.1. The number of hydrogen-bond acceptors (Lipinski definition) is 22. The van der Waals surface area contributed by atoms with E-state index in [2.05, 4.69) is 0 Å². The molecule has 6 rings (SSSR count). The summed E-state index contributed by atoms with van der Waals surface area (Å²) >= 11 is 0. The van der Waals surface area contributed by atoms with E-state index in [1.54, 1.807) is 55.1 Å². The van der Waals surface area contributed by atoms with Crippen LogP contribution in [0.15, 0.2) is 72.8 Å². The van der Waals surface area contributed by atoms with Gasteiger partial charge in [0.25, 0.3) is 0 Å². The van der Waals surface area contributed by atoms with E-state index in [0.29, 0.717) is 25.7 Å². The van der Waals surface area contributed by atoms with Gasteiger partial charge in [0.05, 0.1) is 120 Å². The second-order valence-corrected chi connectivity index (χ2v) is 28.9. The van der Waals surface area contributed by atoms with Crippen LogP contribution >= 0.6 is 0 Å². The Morgan fingerprint density at radius 2 is 0.830 bits per heavy atom. The first-order valence-corrected chi connectivity index (χ1v) is 32.0. The van der Waals surface area contributed by atoms with Gasteiger partial charge in [-0.05, 0) is 78.3 Å². The number of quaternary nitrogens is 3. The summed E-state index contributed by atoms with van der Waals surface area (Å²) in [6.07, 6.45) is -17.5. The number of carboxylic acids is 3. The molecule has 12 N–H and O–H groups in total. The summed E-state index contributed by atoms with van der Waals surface area (Å²) in [5.74, 6) is -5.12. The van der Waals surface area contributed by atoms with E-state index >= 15 is 0 Å². The molecule has 1 aliphatic carbocycles. The number of hydrogen-bond donors (Lipinski definition) is 12. The third-order valence-electron chi connectivity index (χ3n) is 17.2. The molecular formula is C66H107N6O22+3. The predicted octanol–water partition coefficient (Wildman–Crippen LogP) is -0.390. The van der Waals surface area contributed by atoms with Gasteiger partial charge >= 0.3 is 17.9 Å². The molecule has 94 heavy (non-hydrogen) atoms. The number of aliphatic carboxylic acids is 3. The number of aromatic hydroxyl groups is 3. The van der Waals surface area contributed by atoms with Crippen LogP contribution in [0.4, 0.5) is 0 Å². The highest BCUT2D eigenvalue weighted by molar-refractivity contribution is 5.68. The number of phenolic OH excluding ortho intramolecular Hbond substituents is 3. The molecule has 0 amide bonds. The SMILES string of the molecule is C[C@@H]1[C@@H](COCC(=O)O)C[C@@H](O[C@H]2[C@H](O)[C@@H](N(Cc3ccc(O)cc3)CC(O)C[N+](C)(C)C)[C@H](O[C@H]3[C@H](O)[C@@H](N(Cc4ccc(O)cc4)CC(O)C[N+](C)(C)C)[C@H](C)O[C@@H]3COCC(=O)O)O[C@@H]2COCC(=O)O)[C@H](N(Cc2ccc(O)cc2)CC(O)C[N+](C)(C)C)[C@H]1O. The lowest BCUT2D eigenvalue weighted by Crippen LogP contribution is -2.70. The molecule has 3 fully saturated rings. The Labute approximate surface area is 551 Å². The van der Waals surface area contributed by atoms with E-state index < -0.39 is 160 Å². The molecule has 530 valence electrons. The lowest BCUT2D eigenvalue weighted by Gasteiger charge is -2.54. The van der Waals surface area contributed by atoms with Crippen molar-refractivity contribution in [2.24, 2.45) is 11.8 Å². The summed E-state index contributed by atoms with van der Waals surface area (Å²) in [7, 11) is 17.1. The topological polar surface area (TPSA) is 368 Å². The van der Waals surface area contributed by atoms with E-state index in [0.717, 1.165) is 0 Å². The molecule has 18 atom stereocenters. The Balaban J connectivity index is 1.57. The van der Waals surface area contributed by atoms with Gasteiger partial charge in [-0.2, -0.15) is 0 Å². The van der Waals surface area contributed by atoms with Crippen molar-refractivity contribution >= 4 is 17.9 Å². The fourth-order valence-electron chi connectivity index (χ4n) is 13.4. The van der Waals surface area contributed by atoms with Gasteiger partial charge in [0.1, 0.15) is 112 Å². The Morgan fingerprint density at radius 3 is 1.21 bits per heavy atom. The van der Waals surface area contributed by atoms with Crippen molar-refractivity contribution in [2.75, 3.05) is 142 Å². The predicted molar refractivity (Wildman–Crippen MR) is 341 cm³/mol. The first kappa shape index (κ1) is 77.7. The van der Waals surface area contributed by atoms with Crippen LogP contribution in [-0.4, -0.2) is 347 Å². The largest absolute Gasteiger partial charge is 0.508 e. The number of benzene rings is 3. The molecule has 28 nitrogen and oxygen atoms in total. The lowest BCUT2D eigenvalue weighted by atomic mass is 9.73. The lowest BCUT2D eigenvalue weighted by molar-refractivity contribution is -0.873. The van der Waals surface area contributed by atoms with Crippen LogP contribution in [0.1, 0.15) is 37.0 Å². The summed E-state index contributed by atoms with van der Waals surface area (Å²) in [5, 5.41) is 136. The minimum Gasteiger partial charge on any atom is -0.508 e. The highest BCUT2D eigenvalue weighted by atomic mass is 16.7. The number of aliphatic hydroxyl groups excluding tert-OH is 6. The minimum atomic E-state index is -1.83. The van der Waals surface area contributed by atoms with Gasteiger partial charge in [-0.15, -0.1) is 0 Å². The first-order chi connectivity index (χ1) is 43.9. The molecule has 0 radical (unpaired) electrons. The zero-order valence-electron chi connectivity index (χ0n) is 56.3. The number of nitrogens with zero attached hydrogens (tertiary/aromatic N) is 6. The Hall–Kier alpha value is -5.29. The average Bonchev–Trinajstić information content (AvgIpc) is 0.764. The van der Waals surface area contributed by atoms with Crippen LogP contribution in [-0.2, 0) is 67.2 Å². The molecule has 3 aromatic rings. The molecule has 1 saturated carbocycles. The van der Waals surface area contributed by atoms with Crippen LogP contribution in [0.2, 0.25) is 0 Å². The Kier molecular flexibility index (Phi) is 28.7. The maximum atomic E-state index is 13.8. The Morgan fingerprint density at radius 1 is 0.489 bits per heavy atom. The van der Waals surface area contributed by atoms with Crippen molar-refractivity contribution in [1.29, 1.82) is 0 Å². The fraction of sp³-hybridized carbons (Fsp3) is 0.682. The molecule has 28 heteroatoms. The number of likely N-dealkylation sites (N-methyl/N-ethyl adjacent to an activating group) is 3. The number of rotatable bonds is 37. The highest BCUT2D eigenvalue weighted by Gasteiger charge is 2.56. The smallest absolute Gasteiger partial charge is 0.329 e. The molecule has 2 saturated heterocycles.